The van der Waals surface area contributed by atoms with Crippen molar-refractivity contribution in [3.63, 3.8) is 0 Å². The average molecular weight is 526 g/mol. The SMILES string of the molecule is COc1ccc(S(=O)(=O)N2CCC[C@H](C(=O)N3CCN(c4cc(Cl)ccc4C)CC3)C2)cc1Cl. The van der Waals surface area contributed by atoms with Crippen LogP contribution in [-0.4, -0.2) is 69.9 Å². The normalized spacial score (nSPS) is 19.8. The van der Waals surface area contributed by atoms with Crippen molar-refractivity contribution in [3.8, 4) is 5.75 Å². The predicted molar refractivity (Wildman–Crippen MR) is 134 cm³/mol. The molecule has 0 saturated carbocycles. The Morgan fingerprint density at radius 3 is 2.44 bits per heavy atom. The van der Waals surface area contributed by atoms with Crippen LogP contribution in [0.15, 0.2) is 41.3 Å². The van der Waals surface area contributed by atoms with Gasteiger partial charge in [-0.1, -0.05) is 29.3 Å². The third-order valence-electron chi connectivity index (χ3n) is 6.60. The van der Waals surface area contributed by atoms with Gasteiger partial charge in [-0.05, 0) is 55.7 Å². The number of halogens is 2. The van der Waals surface area contributed by atoms with E-state index >= 15 is 0 Å². The zero-order chi connectivity index (χ0) is 24.5. The molecule has 2 aliphatic rings. The fourth-order valence-corrected chi connectivity index (χ4v) is 6.71. The molecule has 2 fully saturated rings. The number of piperazine rings is 1. The number of rotatable bonds is 5. The van der Waals surface area contributed by atoms with Gasteiger partial charge in [0.25, 0.3) is 0 Å². The van der Waals surface area contributed by atoms with Crippen LogP contribution in [0.3, 0.4) is 0 Å². The number of methoxy groups -OCH3 is 1. The number of anilines is 1. The molecule has 0 radical (unpaired) electrons. The lowest BCUT2D eigenvalue weighted by Crippen LogP contribution is -2.53. The quantitative estimate of drug-likeness (QED) is 0.588. The molecule has 0 aromatic heterocycles. The Labute approximate surface area is 211 Å². The Kier molecular flexibility index (Phi) is 7.62. The van der Waals surface area contributed by atoms with Gasteiger partial charge in [-0.3, -0.25) is 4.79 Å². The molecule has 2 aliphatic heterocycles. The summed E-state index contributed by atoms with van der Waals surface area (Å²) >= 11 is 12.3. The van der Waals surface area contributed by atoms with Gasteiger partial charge >= 0.3 is 0 Å². The van der Waals surface area contributed by atoms with Gasteiger partial charge in [0, 0.05) is 50.0 Å². The molecule has 0 spiro atoms. The van der Waals surface area contributed by atoms with E-state index in [0.29, 0.717) is 56.3 Å². The lowest BCUT2D eigenvalue weighted by molar-refractivity contribution is -0.137. The van der Waals surface area contributed by atoms with Crippen molar-refractivity contribution in [1.29, 1.82) is 0 Å². The van der Waals surface area contributed by atoms with Crippen molar-refractivity contribution in [3.05, 3.63) is 52.0 Å². The smallest absolute Gasteiger partial charge is 0.243 e. The number of carbonyl (C=O) groups is 1. The largest absolute Gasteiger partial charge is 0.495 e. The molecule has 1 atom stereocenters. The topological polar surface area (TPSA) is 70.2 Å². The number of sulfonamides is 1. The molecule has 184 valence electrons. The van der Waals surface area contributed by atoms with E-state index in [1.807, 2.05) is 23.1 Å². The van der Waals surface area contributed by atoms with Crippen LogP contribution in [0.4, 0.5) is 5.69 Å². The van der Waals surface area contributed by atoms with Crippen molar-refractivity contribution in [1.82, 2.24) is 9.21 Å². The lowest BCUT2D eigenvalue weighted by atomic mass is 9.97. The third-order valence-corrected chi connectivity index (χ3v) is 8.99. The standard InChI is InChI=1S/C24H29Cl2N3O4S/c1-17-5-6-19(25)14-22(17)27-10-12-28(13-11-27)24(30)18-4-3-9-29(16-18)34(31,32)20-7-8-23(33-2)21(26)15-20/h5-8,14-15,18H,3-4,9-13,16H2,1-2H3/t18-/m0/s1. The van der Waals surface area contributed by atoms with E-state index in [-0.39, 0.29) is 28.3 Å². The van der Waals surface area contributed by atoms with Gasteiger partial charge in [0.2, 0.25) is 15.9 Å². The zero-order valence-electron chi connectivity index (χ0n) is 19.3. The summed E-state index contributed by atoms with van der Waals surface area (Å²) in [6, 6.07) is 10.3. The number of piperidine rings is 1. The van der Waals surface area contributed by atoms with Crippen molar-refractivity contribution in [2.24, 2.45) is 5.92 Å². The number of amides is 1. The van der Waals surface area contributed by atoms with E-state index in [1.165, 1.54) is 23.5 Å². The van der Waals surface area contributed by atoms with Gasteiger partial charge in [0.15, 0.2) is 0 Å². The Bertz CT molecular complexity index is 1170. The fraction of sp³-hybridized carbons (Fsp3) is 0.458. The van der Waals surface area contributed by atoms with Crippen LogP contribution in [0.1, 0.15) is 18.4 Å². The van der Waals surface area contributed by atoms with E-state index in [1.54, 1.807) is 6.07 Å². The maximum Gasteiger partial charge on any atom is 0.243 e. The summed E-state index contributed by atoms with van der Waals surface area (Å²) in [6.07, 6.45) is 1.32. The van der Waals surface area contributed by atoms with Crippen LogP contribution in [-0.2, 0) is 14.8 Å². The molecule has 0 unspecified atom stereocenters. The molecule has 2 heterocycles. The fourth-order valence-electron chi connectivity index (χ4n) is 4.67. The van der Waals surface area contributed by atoms with Gasteiger partial charge in [-0.15, -0.1) is 0 Å². The van der Waals surface area contributed by atoms with Crippen LogP contribution in [0, 0.1) is 12.8 Å². The molecule has 4 rings (SSSR count). The number of hydrogen-bond donors (Lipinski definition) is 0. The van der Waals surface area contributed by atoms with Gasteiger partial charge in [-0.2, -0.15) is 4.31 Å². The minimum Gasteiger partial charge on any atom is -0.495 e. The first-order chi connectivity index (χ1) is 16.2. The van der Waals surface area contributed by atoms with Crippen LogP contribution >= 0.6 is 23.2 Å². The van der Waals surface area contributed by atoms with Crippen molar-refractivity contribution >= 4 is 44.8 Å². The second kappa shape index (κ2) is 10.3. The first-order valence-electron chi connectivity index (χ1n) is 11.3. The molecule has 1 amide bonds. The molecule has 2 aromatic rings. The van der Waals surface area contributed by atoms with E-state index in [4.69, 9.17) is 27.9 Å². The highest BCUT2D eigenvalue weighted by molar-refractivity contribution is 7.89. The summed E-state index contributed by atoms with van der Waals surface area (Å²) in [5.74, 6) is 0.0891. The van der Waals surface area contributed by atoms with Gasteiger partial charge in [-0.25, -0.2) is 8.42 Å². The second-order valence-electron chi connectivity index (χ2n) is 8.74. The first-order valence-corrected chi connectivity index (χ1v) is 13.5. The van der Waals surface area contributed by atoms with E-state index in [9.17, 15) is 13.2 Å². The van der Waals surface area contributed by atoms with Crippen LogP contribution in [0.25, 0.3) is 0 Å². The predicted octanol–water partition coefficient (Wildman–Crippen LogP) is 4.06. The number of benzene rings is 2. The average Bonchev–Trinajstić information content (AvgIpc) is 2.85. The molecule has 0 N–H and O–H groups in total. The van der Waals surface area contributed by atoms with E-state index < -0.39 is 10.0 Å². The van der Waals surface area contributed by atoms with Crippen LogP contribution in [0.2, 0.25) is 10.0 Å². The molecule has 7 nitrogen and oxygen atoms in total. The number of carbonyl (C=O) groups excluding carboxylic acids is 1. The summed E-state index contributed by atoms with van der Waals surface area (Å²) in [7, 11) is -2.28. The molecule has 34 heavy (non-hydrogen) atoms. The maximum atomic E-state index is 13.3. The minimum atomic E-state index is -3.76. The summed E-state index contributed by atoms with van der Waals surface area (Å²) < 4.78 is 33.0. The number of aryl methyl sites for hydroxylation is 1. The first kappa shape index (κ1) is 25.1. The van der Waals surface area contributed by atoms with Crippen LogP contribution < -0.4 is 9.64 Å². The Morgan fingerprint density at radius 1 is 1.03 bits per heavy atom. The summed E-state index contributed by atoms with van der Waals surface area (Å²) in [4.78, 5) is 17.5. The number of hydrogen-bond acceptors (Lipinski definition) is 5. The molecular weight excluding hydrogens is 497 g/mol. The second-order valence-corrected chi connectivity index (χ2v) is 11.5. The molecule has 2 aromatic carbocycles. The highest BCUT2D eigenvalue weighted by atomic mass is 35.5. The summed E-state index contributed by atoms with van der Waals surface area (Å²) in [5, 5.41) is 0.932. The van der Waals surface area contributed by atoms with Crippen molar-refractivity contribution in [2.75, 3.05) is 51.3 Å². The number of ether oxygens (including phenoxy) is 1. The Balaban J connectivity index is 1.41. The van der Waals surface area contributed by atoms with Crippen LogP contribution in [0.5, 0.6) is 5.75 Å². The molecule has 0 aliphatic carbocycles. The molecule has 0 bridgehead atoms. The monoisotopic (exact) mass is 525 g/mol. The Morgan fingerprint density at radius 2 is 1.76 bits per heavy atom. The van der Waals surface area contributed by atoms with E-state index in [2.05, 4.69) is 11.8 Å². The maximum absolute atomic E-state index is 13.3. The summed E-state index contributed by atoms with van der Waals surface area (Å²) in [6.45, 7) is 5.24. The minimum absolute atomic E-state index is 0.0233. The van der Waals surface area contributed by atoms with E-state index in [0.717, 1.165) is 11.3 Å². The van der Waals surface area contributed by atoms with Gasteiger partial charge < -0.3 is 14.5 Å². The highest BCUT2D eigenvalue weighted by Gasteiger charge is 2.36. The van der Waals surface area contributed by atoms with Crippen molar-refractivity contribution < 1.29 is 17.9 Å². The lowest BCUT2D eigenvalue weighted by Gasteiger charge is -2.40. The molecular formula is C24H29Cl2N3O4S. The number of nitrogens with zero attached hydrogens (tertiary/aromatic N) is 3. The molecule has 2 saturated heterocycles. The molecule has 10 heteroatoms. The zero-order valence-corrected chi connectivity index (χ0v) is 21.7. The van der Waals surface area contributed by atoms with Crippen molar-refractivity contribution in [2.45, 2.75) is 24.7 Å². The summed E-state index contributed by atoms with van der Waals surface area (Å²) in [5.41, 5.74) is 2.24. The van der Waals surface area contributed by atoms with Gasteiger partial charge in [0.05, 0.1) is 22.9 Å². The third kappa shape index (κ3) is 5.15. The Hall–Kier alpha value is -2.00. The highest BCUT2D eigenvalue weighted by Crippen LogP contribution is 2.31. The van der Waals surface area contributed by atoms with Gasteiger partial charge in [0.1, 0.15) is 5.75 Å².